The van der Waals surface area contributed by atoms with E-state index in [0.29, 0.717) is 0 Å². The Morgan fingerprint density at radius 1 is 0.278 bits per heavy atom. The molecule has 0 spiro atoms. The Hall–Kier alpha value is -8.72. The van der Waals surface area contributed by atoms with E-state index in [9.17, 15) is 0 Å². The summed E-state index contributed by atoms with van der Waals surface area (Å²) in [5, 5.41) is 12.1. The van der Waals surface area contributed by atoms with E-state index < -0.39 is 0 Å². The summed E-state index contributed by atoms with van der Waals surface area (Å²) in [6, 6.07) is 83.9. The van der Waals surface area contributed by atoms with Crippen molar-refractivity contribution in [3.8, 4) is 44.5 Å². The molecule has 0 radical (unpaired) electrons. The highest BCUT2D eigenvalue weighted by Crippen LogP contribution is 2.54. The van der Waals surface area contributed by atoms with E-state index in [1.807, 2.05) is 6.07 Å². The molecule has 1 heterocycles. The monoisotopic (exact) mass is 919 g/mol. The van der Waals surface area contributed by atoms with Gasteiger partial charge in [0.05, 0.1) is 5.69 Å². The molecule has 0 N–H and O–H groups in total. The van der Waals surface area contributed by atoms with Gasteiger partial charge in [-0.05, 0) is 165 Å². The van der Waals surface area contributed by atoms with Gasteiger partial charge in [-0.15, -0.1) is 0 Å². The van der Waals surface area contributed by atoms with Crippen LogP contribution < -0.4 is 4.90 Å². The van der Waals surface area contributed by atoms with E-state index in [1.165, 1.54) is 110 Å². The number of anilines is 3. The van der Waals surface area contributed by atoms with E-state index in [-0.39, 0.29) is 10.8 Å². The minimum absolute atomic E-state index is 0.147. The summed E-state index contributed by atoms with van der Waals surface area (Å²) in [7, 11) is 0. The molecule has 0 unspecified atom stereocenters. The van der Waals surface area contributed by atoms with Crippen molar-refractivity contribution in [2.75, 3.05) is 4.90 Å². The predicted molar refractivity (Wildman–Crippen MR) is 304 cm³/mol. The van der Waals surface area contributed by atoms with E-state index in [2.05, 4.69) is 251 Å². The molecule has 2 aliphatic carbocycles. The molecule has 2 aliphatic rings. The summed E-state index contributed by atoms with van der Waals surface area (Å²) in [6.45, 7) is 9.52. The zero-order valence-electron chi connectivity index (χ0n) is 40.7. The summed E-state index contributed by atoms with van der Waals surface area (Å²) in [5.74, 6) is 0. The molecule has 0 atom stereocenters. The molecular formula is C70H49NO. The average Bonchev–Trinajstić information content (AvgIpc) is 3.99. The van der Waals surface area contributed by atoms with E-state index >= 15 is 0 Å². The van der Waals surface area contributed by atoms with Crippen molar-refractivity contribution in [1.82, 2.24) is 0 Å². The molecule has 0 amide bonds. The molecule has 0 aliphatic heterocycles. The molecule has 0 saturated heterocycles. The molecule has 1 aromatic heterocycles. The second kappa shape index (κ2) is 14.9. The average molecular weight is 920 g/mol. The van der Waals surface area contributed by atoms with Crippen LogP contribution >= 0.6 is 0 Å². The largest absolute Gasteiger partial charge is 0.456 e. The molecule has 2 nitrogen and oxygen atoms in total. The number of nitrogens with zero attached hydrogens (tertiary/aromatic N) is 1. The van der Waals surface area contributed by atoms with Gasteiger partial charge in [0.15, 0.2) is 0 Å². The van der Waals surface area contributed by atoms with Crippen LogP contribution in [0.25, 0.3) is 110 Å². The van der Waals surface area contributed by atoms with Gasteiger partial charge in [-0.1, -0.05) is 191 Å². The maximum atomic E-state index is 6.28. The second-order valence-electron chi connectivity index (χ2n) is 21.2. The standard InChI is InChI=1S/C70H49NO/c1-69(2)62-26-14-11-22-51(62)53-32-30-43(38-64(53)69)71(44-31-33-54-52-23-12-15-27-63(52)70(3,4)65(54)39-44)66-35-34-50(45-17-9-10-24-55(45)66)58-41-60-47-19-6-5-18-46(47)57(40-59(60)49-21-8-7-20-48(49)58)42-29-36-68-61(37-42)56-25-13-16-28-67(56)72-68/h5-41H,1-4H3. The molecule has 72 heavy (non-hydrogen) atoms. The Kier molecular flexibility index (Phi) is 8.51. The van der Waals surface area contributed by atoms with Gasteiger partial charge < -0.3 is 9.32 Å². The molecule has 13 aromatic rings. The lowest BCUT2D eigenvalue weighted by atomic mass is 9.82. The van der Waals surface area contributed by atoms with Crippen LogP contribution in [0.1, 0.15) is 49.9 Å². The SMILES string of the molecule is CC1(C)c2ccccc2-c2ccc(N(c3ccc4c(c3)C(C)(C)c3ccccc3-4)c3ccc(-c4cc5c6ccccc6c(-c6ccc7oc8ccccc8c7c6)cc5c5ccccc45)c4ccccc34)cc21. The van der Waals surface area contributed by atoms with Gasteiger partial charge in [0, 0.05) is 38.4 Å². The number of hydrogen-bond donors (Lipinski definition) is 0. The van der Waals surface area contributed by atoms with Crippen molar-refractivity contribution in [3.63, 3.8) is 0 Å². The fourth-order valence-electron chi connectivity index (χ4n) is 13.1. The first kappa shape index (κ1) is 41.1. The van der Waals surface area contributed by atoms with Crippen molar-refractivity contribution in [3.05, 3.63) is 247 Å². The van der Waals surface area contributed by atoms with Crippen LogP contribution in [-0.2, 0) is 10.8 Å². The highest BCUT2D eigenvalue weighted by atomic mass is 16.3. The number of hydrogen-bond acceptors (Lipinski definition) is 2. The van der Waals surface area contributed by atoms with Gasteiger partial charge >= 0.3 is 0 Å². The number of rotatable bonds is 5. The van der Waals surface area contributed by atoms with Crippen LogP contribution in [0.15, 0.2) is 229 Å². The van der Waals surface area contributed by atoms with Gasteiger partial charge in [-0.3, -0.25) is 0 Å². The van der Waals surface area contributed by atoms with Gasteiger partial charge in [0.1, 0.15) is 11.2 Å². The number of fused-ring (bicyclic) bond motifs is 15. The third-order valence-electron chi connectivity index (χ3n) is 16.7. The van der Waals surface area contributed by atoms with E-state index in [1.54, 1.807) is 0 Å². The topological polar surface area (TPSA) is 16.4 Å². The first-order chi connectivity index (χ1) is 35.2. The van der Waals surface area contributed by atoms with Crippen molar-refractivity contribution in [2.24, 2.45) is 0 Å². The first-order valence-corrected chi connectivity index (χ1v) is 25.3. The summed E-state index contributed by atoms with van der Waals surface area (Å²) < 4.78 is 6.28. The maximum Gasteiger partial charge on any atom is 0.135 e. The number of furan rings is 1. The molecule has 2 heteroatoms. The van der Waals surface area contributed by atoms with Crippen molar-refractivity contribution in [2.45, 2.75) is 38.5 Å². The van der Waals surface area contributed by atoms with Crippen LogP contribution in [0.3, 0.4) is 0 Å². The van der Waals surface area contributed by atoms with Gasteiger partial charge in [-0.25, -0.2) is 0 Å². The molecule has 0 fully saturated rings. The zero-order valence-corrected chi connectivity index (χ0v) is 40.7. The summed E-state index contributed by atoms with van der Waals surface area (Å²) in [6.07, 6.45) is 0. The lowest BCUT2D eigenvalue weighted by Gasteiger charge is -2.31. The molecule has 12 aromatic carbocycles. The second-order valence-corrected chi connectivity index (χ2v) is 21.2. The minimum Gasteiger partial charge on any atom is -0.456 e. The molecule has 0 bridgehead atoms. The van der Waals surface area contributed by atoms with Crippen LogP contribution in [0.4, 0.5) is 17.1 Å². The maximum absolute atomic E-state index is 6.28. The normalized spacial score (nSPS) is 14.1. The fraction of sp³-hybridized carbons (Fsp3) is 0.0857. The van der Waals surface area contributed by atoms with E-state index in [4.69, 9.17) is 4.42 Å². The summed E-state index contributed by atoms with van der Waals surface area (Å²) in [5.41, 5.74) is 20.6. The van der Waals surface area contributed by atoms with Crippen molar-refractivity contribution in [1.29, 1.82) is 0 Å². The lowest BCUT2D eigenvalue weighted by molar-refractivity contribution is 0.660. The molecule has 15 rings (SSSR count). The number of benzene rings is 12. The Balaban J connectivity index is 0.945. The van der Waals surface area contributed by atoms with Crippen LogP contribution in [0, 0.1) is 0 Å². The van der Waals surface area contributed by atoms with Crippen molar-refractivity contribution >= 4 is 82.1 Å². The third kappa shape index (κ3) is 5.72. The quantitative estimate of drug-likeness (QED) is 0.160. The number of para-hydroxylation sites is 1. The third-order valence-corrected chi connectivity index (χ3v) is 16.7. The Morgan fingerprint density at radius 3 is 1.33 bits per heavy atom. The molecule has 0 saturated carbocycles. The summed E-state index contributed by atoms with van der Waals surface area (Å²) >= 11 is 0. The fourth-order valence-corrected chi connectivity index (χ4v) is 13.1. The Bertz CT molecular complexity index is 4360. The Morgan fingerprint density at radius 2 is 0.722 bits per heavy atom. The highest BCUT2D eigenvalue weighted by molar-refractivity contribution is 6.25. The molecular weight excluding hydrogens is 871 g/mol. The van der Waals surface area contributed by atoms with E-state index in [0.717, 1.165) is 39.0 Å². The first-order valence-electron chi connectivity index (χ1n) is 25.3. The zero-order chi connectivity index (χ0) is 48.0. The van der Waals surface area contributed by atoms with Crippen LogP contribution in [-0.4, -0.2) is 0 Å². The molecule has 340 valence electrons. The Labute approximate surface area is 419 Å². The van der Waals surface area contributed by atoms with Gasteiger partial charge in [-0.2, -0.15) is 0 Å². The van der Waals surface area contributed by atoms with Crippen LogP contribution in [0.2, 0.25) is 0 Å². The van der Waals surface area contributed by atoms with Gasteiger partial charge in [0.25, 0.3) is 0 Å². The predicted octanol–water partition coefficient (Wildman–Crippen LogP) is 19.6. The lowest BCUT2D eigenvalue weighted by Crippen LogP contribution is -2.18. The smallest absolute Gasteiger partial charge is 0.135 e. The summed E-state index contributed by atoms with van der Waals surface area (Å²) in [4.78, 5) is 2.53. The highest BCUT2D eigenvalue weighted by Gasteiger charge is 2.38. The van der Waals surface area contributed by atoms with Crippen LogP contribution in [0.5, 0.6) is 0 Å². The van der Waals surface area contributed by atoms with Crippen molar-refractivity contribution < 1.29 is 4.42 Å². The minimum atomic E-state index is -0.147. The van der Waals surface area contributed by atoms with Gasteiger partial charge in [0.2, 0.25) is 0 Å².